The first-order valence-corrected chi connectivity index (χ1v) is 9.43. The number of fused-ring (bicyclic) bond motifs is 1. The lowest BCUT2D eigenvalue weighted by molar-refractivity contribution is 0.0948. The Bertz CT molecular complexity index is 1020. The molecule has 1 fully saturated rings. The molecule has 28 heavy (non-hydrogen) atoms. The second-order valence-corrected chi connectivity index (χ2v) is 6.97. The van der Waals surface area contributed by atoms with Gasteiger partial charge in [-0.15, -0.1) is 0 Å². The predicted molar refractivity (Wildman–Crippen MR) is 109 cm³/mol. The van der Waals surface area contributed by atoms with E-state index in [0.29, 0.717) is 23.4 Å². The number of rotatable bonds is 7. The minimum Gasteiger partial charge on any atom is -0.495 e. The second-order valence-electron chi connectivity index (χ2n) is 6.97. The van der Waals surface area contributed by atoms with E-state index in [2.05, 4.69) is 15.5 Å². The van der Waals surface area contributed by atoms with Crippen molar-refractivity contribution in [1.29, 1.82) is 0 Å². The SMILES string of the molecule is COc1c(C(=O)NC2CC2)ccc2[nH]nc(C=Cc3ccc(CCO)cc3)c12. The molecule has 0 atom stereocenters. The molecule has 144 valence electrons. The highest BCUT2D eigenvalue weighted by molar-refractivity contribution is 6.05. The Hall–Kier alpha value is -3.12. The van der Waals surface area contributed by atoms with Crippen molar-refractivity contribution in [3.8, 4) is 5.75 Å². The molecule has 2 aromatic carbocycles. The van der Waals surface area contributed by atoms with Crippen LogP contribution in [0.1, 0.15) is 40.0 Å². The Kier molecular flexibility index (Phi) is 5.12. The van der Waals surface area contributed by atoms with Gasteiger partial charge in [0.1, 0.15) is 5.75 Å². The first-order chi connectivity index (χ1) is 13.7. The fraction of sp³-hybridized carbons (Fsp3) is 0.273. The average molecular weight is 377 g/mol. The van der Waals surface area contributed by atoms with Crippen LogP contribution in [0.25, 0.3) is 23.1 Å². The predicted octanol–water partition coefficient (Wildman–Crippen LogP) is 3.17. The number of aromatic amines is 1. The minimum absolute atomic E-state index is 0.114. The lowest BCUT2D eigenvalue weighted by Gasteiger charge is -2.10. The summed E-state index contributed by atoms with van der Waals surface area (Å²) in [6.07, 6.45) is 6.59. The zero-order chi connectivity index (χ0) is 19.5. The van der Waals surface area contributed by atoms with Crippen LogP contribution < -0.4 is 10.1 Å². The summed E-state index contributed by atoms with van der Waals surface area (Å²) in [6.45, 7) is 0.144. The number of carbonyl (C=O) groups excluding carboxylic acids is 1. The van der Waals surface area contributed by atoms with Crippen LogP contribution in [-0.4, -0.2) is 41.0 Å². The summed E-state index contributed by atoms with van der Waals surface area (Å²) in [5.41, 5.74) is 4.17. The fourth-order valence-corrected chi connectivity index (χ4v) is 3.21. The number of hydrogen-bond acceptors (Lipinski definition) is 4. The zero-order valence-corrected chi connectivity index (χ0v) is 15.7. The van der Waals surface area contributed by atoms with E-state index in [1.807, 2.05) is 42.5 Å². The van der Waals surface area contributed by atoms with Crippen LogP contribution in [0.15, 0.2) is 36.4 Å². The summed E-state index contributed by atoms with van der Waals surface area (Å²) < 4.78 is 5.60. The van der Waals surface area contributed by atoms with Gasteiger partial charge in [-0.05, 0) is 48.6 Å². The van der Waals surface area contributed by atoms with Gasteiger partial charge in [0.25, 0.3) is 5.91 Å². The lowest BCUT2D eigenvalue weighted by atomic mass is 10.1. The lowest BCUT2D eigenvalue weighted by Crippen LogP contribution is -2.25. The summed E-state index contributed by atoms with van der Waals surface area (Å²) in [4.78, 5) is 12.6. The maximum atomic E-state index is 12.6. The van der Waals surface area contributed by atoms with Gasteiger partial charge in [-0.1, -0.05) is 30.3 Å². The average Bonchev–Trinajstić information content (AvgIpc) is 3.43. The number of benzene rings is 2. The Morgan fingerprint density at radius 3 is 2.71 bits per heavy atom. The Morgan fingerprint density at radius 1 is 1.25 bits per heavy atom. The molecule has 0 unspecified atom stereocenters. The molecule has 0 bridgehead atoms. The second kappa shape index (κ2) is 7.86. The van der Waals surface area contributed by atoms with E-state index in [1.165, 1.54) is 0 Å². The maximum Gasteiger partial charge on any atom is 0.255 e. The van der Waals surface area contributed by atoms with Crippen molar-refractivity contribution >= 4 is 29.0 Å². The molecule has 3 N–H and O–H groups in total. The molecule has 1 amide bonds. The largest absolute Gasteiger partial charge is 0.495 e. The number of amides is 1. The topological polar surface area (TPSA) is 87.2 Å². The van der Waals surface area contributed by atoms with Crippen molar-refractivity contribution in [2.45, 2.75) is 25.3 Å². The highest BCUT2D eigenvalue weighted by Crippen LogP contribution is 2.33. The molecule has 1 saturated carbocycles. The van der Waals surface area contributed by atoms with Crippen LogP contribution >= 0.6 is 0 Å². The van der Waals surface area contributed by atoms with E-state index in [1.54, 1.807) is 13.2 Å². The molecule has 0 saturated heterocycles. The van der Waals surface area contributed by atoms with Gasteiger partial charge in [0.05, 0.1) is 29.3 Å². The number of aromatic nitrogens is 2. The van der Waals surface area contributed by atoms with Gasteiger partial charge in [0.2, 0.25) is 0 Å². The molecule has 4 rings (SSSR count). The number of methoxy groups -OCH3 is 1. The van der Waals surface area contributed by atoms with Crippen LogP contribution in [0.3, 0.4) is 0 Å². The zero-order valence-electron chi connectivity index (χ0n) is 15.7. The molecule has 0 aliphatic heterocycles. The summed E-state index contributed by atoms with van der Waals surface area (Å²) in [5.74, 6) is 0.416. The van der Waals surface area contributed by atoms with E-state index in [9.17, 15) is 4.79 Å². The highest BCUT2D eigenvalue weighted by atomic mass is 16.5. The van der Waals surface area contributed by atoms with Gasteiger partial charge in [0, 0.05) is 12.6 Å². The summed E-state index contributed by atoms with van der Waals surface area (Å²) in [6, 6.07) is 11.9. The number of hydrogen-bond donors (Lipinski definition) is 3. The molecule has 0 spiro atoms. The smallest absolute Gasteiger partial charge is 0.255 e. The Morgan fingerprint density at radius 2 is 2.04 bits per heavy atom. The van der Waals surface area contributed by atoms with E-state index in [-0.39, 0.29) is 18.6 Å². The molecule has 1 aromatic heterocycles. The van der Waals surface area contributed by atoms with Crippen molar-refractivity contribution in [2.24, 2.45) is 0 Å². The van der Waals surface area contributed by atoms with Gasteiger partial charge < -0.3 is 15.2 Å². The van der Waals surface area contributed by atoms with Crippen molar-refractivity contribution in [3.63, 3.8) is 0 Å². The first-order valence-electron chi connectivity index (χ1n) is 9.43. The molecule has 6 heteroatoms. The quantitative estimate of drug-likeness (QED) is 0.590. The van der Waals surface area contributed by atoms with Crippen LogP contribution in [0, 0.1) is 0 Å². The van der Waals surface area contributed by atoms with Crippen molar-refractivity contribution in [3.05, 3.63) is 58.8 Å². The van der Waals surface area contributed by atoms with E-state index >= 15 is 0 Å². The fourth-order valence-electron chi connectivity index (χ4n) is 3.21. The van der Waals surface area contributed by atoms with Crippen LogP contribution in [0.2, 0.25) is 0 Å². The third-order valence-electron chi connectivity index (χ3n) is 4.89. The van der Waals surface area contributed by atoms with Crippen LogP contribution in [-0.2, 0) is 6.42 Å². The van der Waals surface area contributed by atoms with E-state index < -0.39 is 0 Å². The number of aliphatic hydroxyl groups excluding tert-OH is 1. The van der Waals surface area contributed by atoms with Crippen molar-refractivity contribution in [1.82, 2.24) is 15.5 Å². The third kappa shape index (κ3) is 3.77. The maximum absolute atomic E-state index is 12.6. The number of aliphatic hydroxyl groups is 1. The van der Waals surface area contributed by atoms with Crippen LogP contribution in [0.4, 0.5) is 0 Å². The Balaban J connectivity index is 1.65. The number of carbonyl (C=O) groups is 1. The molecular formula is C22H23N3O3. The molecular weight excluding hydrogens is 354 g/mol. The molecule has 1 heterocycles. The molecule has 6 nitrogen and oxygen atoms in total. The van der Waals surface area contributed by atoms with Crippen molar-refractivity contribution < 1.29 is 14.6 Å². The third-order valence-corrected chi connectivity index (χ3v) is 4.89. The van der Waals surface area contributed by atoms with Gasteiger partial charge in [-0.2, -0.15) is 5.10 Å². The van der Waals surface area contributed by atoms with Crippen molar-refractivity contribution in [2.75, 3.05) is 13.7 Å². The number of H-pyrrole nitrogens is 1. The number of nitrogens with one attached hydrogen (secondary N) is 2. The van der Waals surface area contributed by atoms with Crippen LogP contribution in [0.5, 0.6) is 5.75 Å². The number of ether oxygens (including phenoxy) is 1. The van der Waals surface area contributed by atoms with E-state index in [4.69, 9.17) is 9.84 Å². The molecule has 3 aromatic rings. The van der Waals surface area contributed by atoms with Gasteiger partial charge in [-0.25, -0.2) is 0 Å². The number of nitrogens with zero attached hydrogens (tertiary/aromatic N) is 1. The summed E-state index contributed by atoms with van der Waals surface area (Å²) in [7, 11) is 1.57. The normalized spacial score (nSPS) is 13.9. The van der Waals surface area contributed by atoms with Gasteiger partial charge in [0.15, 0.2) is 0 Å². The van der Waals surface area contributed by atoms with Gasteiger partial charge in [-0.3, -0.25) is 9.89 Å². The van der Waals surface area contributed by atoms with E-state index in [0.717, 1.165) is 34.9 Å². The molecule has 1 aliphatic carbocycles. The Labute approximate surface area is 163 Å². The van der Waals surface area contributed by atoms with Gasteiger partial charge >= 0.3 is 0 Å². The summed E-state index contributed by atoms with van der Waals surface area (Å²) in [5, 5.41) is 20.2. The molecule has 0 radical (unpaired) electrons. The standard InChI is InChI=1S/C22H23N3O3/c1-28-21-17(22(27)23-16-7-8-16)9-11-19-20(21)18(24-25-19)10-6-14-2-4-15(5-3-14)12-13-26/h2-6,9-11,16,26H,7-8,12-13H2,1H3,(H,23,27)(H,24,25). The first kappa shape index (κ1) is 18.3. The monoisotopic (exact) mass is 377 g/mol. The molecule has 1 aliphatic rings. The summed E-state index contributed by atoms with van der Waals surface area (Å²) >= 11 is 0. The highest BCUT2D eigenvalue weighted by Gasteiger charge is 2.26. The minimum atomic E-state index is -0.114.